The molecule has 0 radical (unpaired) electrons. The predicted molar refractivity (Wildman–Crippen MR) is 41.2 cm³/mol. The Bertz CT molecular complexity index is 116. The van der Waals surface area contributed by atoms with Crippen LogP contribution in [0.2, 0.25) is 0 Å². The molecule has 4 nitrogen and oxygen atoms in total. The van der Waals surface area contributed by atoms with Gasteiger partial charge < -0.3 is 15.2 Å². The van der Waals surface area contributed by atoms with Crippen molar-refractivity contribution in [3.63, 3.8) is 0 Å². The first-order valence-electron chi connectivity index (χ1n) is 3.64. The van der Waals surface area contributed by atoms with E-state index in [0.29, 0.717) is 6.42 Å². The number of hydrogen-bond acceptors (Lipinski definition) is 3. The maximum atomic E-state index is 10.7. The molecule has 4 heteroatoms. The zero-order valence-corrected chi connectivity index (χ0v) is 6.96. The highest BCUT2D eigenvalue weighted by Crippen LogP contribution is 1.82. The average Bonchev–Trinajstić information content (AvgIpc) is 2.01. The van der Waals surface area contributed by atoms with Crippen LogP contribution in [0.5, 0.6) is 0 Å². The van der Waals surface area contributed by atoms with Crippen molar-refractivity contribution in [3.05, 3.63) is 0 Å². The second-order valence-corrected chi connectivity index (χ2v) is 2.27. The van der Waals surface area contributed by atoms with Gasteiger partial charge in [-0.15, -0.1) is 0 Å². The zero-order chi connectivity index (χ0) is 8.69. The smallest absolute Gasteiger partial charge is 0.219 e. The van der Waals surface area contributed by atoms with Gasteiger partial charge in [-0.3, -0.25) is 4.79 Å². The van der Waals surface area contributed by atoms with E-state index in [9.17, 15) is 4.79 Å². The van der Waals surface area contributed by atoms with Crippen LogP contribution in [0.3, 0.4) is 0 Å². The third kappa shape index (κ3) is 5.82. The lowest BCUT2D eigenvalue weighted by Crippen LogP contribution is -2.33. The minimum absolute atomic E-state index is 0.0554. The molecule has 0 aliphatic carbocycles. The predicted octanol–water partition coefficient (Wildman–Crippen LogP) is -0.480. The second-order valence-electron chi connectivity index (χ2n) is 2.27. The Morgan fingerprint density at radius 3 is 2.82 bits per heavy atom. The van der Waals surface area contributed by atoms with Crippen molar-refractivity contribution in [2.24, 2.45) is 0 Å². The van der Waals surface area contributed by atoms with E-state index in [1.54, 1.807) is 6.92 Å². The number of carbonyl (C=O) groups is 1. The van der Waals surface area contributed by atoms with Gasteiger partial charge in [-0.25, -0.2) is 0 Å². The molecule has 0 saturated heterocycles. The minimum atomic E-state index is -0.601. The highest BCUT2D eigenvalue weighted by atomic mass is 16.5. The van der Waals surface area contributed by atoms with Crippen molar-refractivity contribution in [1.82, 2.24) is 5.32 Å². The highest BCUT2D eigenvalue weighted by Gasteiger charge is 2.03. The molecule has 2 N–H and O–H groups in total. The molecule has 11 heavy (non-hydrogen) atoms. The second kappa shape index (κ2) is 6.12. The fourth-order valence-electron chi connectivity index (χ4n) is 0.608. The molecule has 0 aromatic heterocycles. The first-order chi connectivity index (χ1) is 5.20. The van der Waals surface area contributed by atoms with Crippen molar-refractivity contribution in [1.29, 1.82) is 0 Å². The number of aliphatic hydroxyl groups is 1. The van der Waals surface area contributed by atoms with E-state index in [4.69, 9.17) is 5.11 Å². The van der Waals surface area contributed by atoms with Crippen LogP contribution in [0.1, 0.15) is 13.3 Å². The fourth-order valence-corrected chi connectivity index (χ4v) is 0.608. The topological polar surface area (TPSA) is 58.6 Å². The van der Waals surface area contributed by atoms with Crippen molar-refractivity contribution in [2.45, 2.75) is 19.4 Å². The zero-order valence-electron chi connectivity index (χ0n) is 6.96. The largest absolute Gasteiger partial charge is 0.389 e. The number of ether oxygens (including phenoxy) is 1. The first kappa shape index (κ1) is 10.4. The van der Waals surface area contributed by atoms with Gasteiger partial charge in [-0.2, -0.15) is 0 Å². The summed E-state index contributed by atoms with van der Waals surface area (Å²) < 4.78 is 4.67. The first-order valence-corrected chi connectivity index (χ1v) is 3.64. The van der Waals surface area contributed by atoms with Gasteiger partial charge in [0.1, 0.15) is 0 Å². The molecular formula is C7H15NO3. The molecule has 0 aliphatic heterocycles. The fraction of sp³-hybridized carbons (Fsp3) is 0.857. The molecule has 0 spiro atoms. The summed E-state index contributed by atoms with van der Waals surface area (Å²) in [5, 5.41) is 11.6. The van der Waals surface area contributed by atoms with Gasteiger partial charge in [-0.1, -0.05) is 6.92 Å². The summed E-state index contributed by atoms with van der Waals surface area (Å²) in [5.41, 5.74) is 0. The lowest BCUT2D eigenvalue weighted by molar-refractivity contribution is -0.121. The van der Waals surface area contributed by atoms with Crippen LogP contribution >= 0.6 is 0 Å². The quantitative estimate of drug-likeness (QED) is 0.572. The Labute approximate surface area is 66.5 Å². The van der Waals surface area contributed by atoms with E-state index < -0.39 is 6.10 Å². The summed E-state index contributed by atoms with van der Waals surface area (Å²) in [4.78, 5) is 10.7. The van der Waals surface area contributed by atoms with Crippen LogP contribution < -0.4 is 5.32 Å². The number of aliphatic hydroxyl groups excluding tert-OH is 1. The van der Waals surface area contributed by atoms with Gasteiger partial charge in [0.05, 0.1) is 12.7 Å². The Hall–Kier alpha value is -0.610. The van der Waals surface area contributed by atoms with Crippen molar-refractivity contribution in [2.75, 3.05) is 20.3 Å². The summed E-state index contributed by atoms with van der Waals surface area (Å²) in [6.45, 7) is 2.28. The van der Waals surface area contributed by atoms with Gasteiger partial charge in [0, 0.05) is 20.1 Å². The van der Waals surface area contributed by atoms with Gasteiger partial charge >= 0.3 is 0 Å². The van der Waals surface area contributed by atoms with Crippen LogP contribution in [-0.4, -0.2) is 37.4 Å². The number of carbonyl (C=O) groups excluding carboxylic acids is 1. The molecule has 0 rings (SSSR count). The van der Waals surface area contributed by atoms with Crippen molar-refractivity contribution < 1.29 is 14.6 Å². The van der Waals surface area contributed by atoms with E-state index in [-0.39, 0.29) is 19.1 Å². The van der Waals surface area contributed by atoms with Crippen LogP contribution in [-0.2, 0) is 9.53 Å². The molecule has 1 amide bonds. The van der Waals surface area contributed by atoms with E-state index in [2.05, 4.69) is 10.1 Å². The summed E-state index contributed by atoms with van der Waals surface area (Å²) >= 11 is 0. The average molecular weight is 161 g/mol. The van der Waals surface area contributed by atoms with Gasteiger partial charge in [-0.05, 0) is 0 Å². The summed E-state index contributed by atoms with van der Waals surface area (Å²) in [5.74, 6) is -0.0554. The molecule has 0 aromatic rings. The van der Waals surface area contributed by atoms with E-state index in [1.807, 2.05) is 0 Å². The molecule has 0 heterocycles. The summed E-state index contributed by atoms with van der Waals surface area (Å²) in [6, 6.07) is 0. The van der Waals surface area contributed by atoms with Gasteiger partial charge in [0.15, 0.2) is 0 Å². The lowest BCUT2D eigenvalue weighted by Gasteiger charge is -2.09. The summed E-state index contributed by atoms with van der Waals surface area (Å²) in [6.07, 6.45) is -0.157. The monoisotopic (exact) mass is 161 g/mol. The normalized spacial score (nSPS) is 12.6. The Morgan fingerprint density at radius 2 is 2.36 bits per heavy atom. The number of hydrogen-bond donors (Lipinski definition) is 2. The van der Waals surface area contributed by atoms with Crippen molar-refractivity contribution in [3.8, 4) is 0 Å². The number of nitrogens with one attached hydrogen (secondary N) is 1. The minimum Gasteiger partial charge on any atom is -0.389 e. The van der Waals surface area contributed by atoms with Gasteiger partial charge in [0.2, 0.25) is 5.91 Å². The molecule has 0 saturated carbocycles. The maximum absolute atomic E-state index is 10.7. The van der Waals surface area contributed by atoms with Crippen molar-refractivity contribution >= 4 is 5.91 Å². The number of amides is 1. The van der Waals surface area contributed by atoms with Crippen LogP contribution in [0.4, 0.5) is 0 Å². The highest BCUT2D eigenvalue weighted by molar-refractivity contribution is 5.75. The van der Waals surface area contributed by atoms with Crippen LogP contribution in [0.15, 0.2) is 0 Å². The lowest BCUT2D eigenvalue weighted by atomic mass is 10.3. The number of methoxy groups -OCH3 is 1. The molecular weight excluding hydrogens is 146 g/mol. The molecule has 0 bridgehead atoms. The Balaban J connectivity index is 3.29. The molecule has 1 atom stereocenters. The molecule has 0 aromatic carbocycles. The molecule has 66 valence electrons. The maximum Gasteiger partial charge on any atom is 0.219 e. The standard InChI is InChI=1S/C7H15NO3/c1-3-7(10)8-4-6(9)5-11-2/h6,9H,3-5H2,1-2H3,(H,8,10). The molecule has 0 fully saturated rings. The SMILES string of the molecule is CCC(=O)NCC(O)COC. The molecule has 1 unspecified atom stereocenters. The molecule has 0 aliphatic rings. The third-order valence-electron chi connectivity index (χ3n) is 1.22. The van der Waals surface area contributed by atoms with E-state index in [1.165, 1.54) is 7.11 Å². The van der Waals surface area contributed by atoms with Crippen LogP contribution in [0.25, 0.3) is 0 Å². The Morgan fingerprint density at radius 1 is 1.73 bits per heavy atom. The van der Waals surface area contributed by atoms with Crippen LogP contribution in [0, 0.1) is 0 Å². The summed E-state index contributed by atoms with van der Waals surface area (Å²) in [7, 11) is 1.50. The van der Waals surface area contributed by atoms with E-state index >= 15 is 0 Å². The number of rotatable bonds is 5. The van der Waals surface area contributed by atoms with E-state index in [0.717, 1.165) is 0 Å². The van der Waals surface area contributed by atoms with Gasteiger partial charge in [0.25, 0.3) is 0 Å². The Kier molecular flexibility index (Phi) is 5.78. The third-order valence-corrected chi connectivity index (χ3v) is 1.22.